The van der Waals surface area contributed by atoms with E-state index in [0.717, 1.165) is 16.8 Å². The molecule has 2 aromatic rings. The Morgan fingerprint density at radius 2 is 1.95 bits per heavy atom. The summed E-state index contributed by atoms with van der Waals surface area (Å²) >= 11 is 3.59. The summed E-state index contributed by atoms with van der Waals surface area (Å²) in [6.07, 6.45) is 2.63. The maximum Gasteiger partial charge on any atom is 0.134 e. The minimum Gasteiger partial charge on any atom is -0.488 e. The van der Waals surface area contributed by atoms with Gasteiger partial charge in [0, 0.05) is 12.6 Å². The molecule has 2 aromatic carbocycles. The van der Waals surface area contributed by atoms with Crippen molar-refractivity contribution in [2.24, 2.45) is 0 Å². The molecule has 3 rings (SSSR count). The summed E-state index contributed by atoms with van der Waals surface area (Å²) < 4.78 is 7.00. The average molecular weight is 360 g/mol. The molecular formula is C19H22BrNO. The van der Waals surface area contributed by atoms with Gasteiger partial charge in [-0.3, -0.25) is 4.90 Å². The number of ether oxygens (including phenoxy) is 1. The van der Waals surface area contributed by atoms with Crippen molar-refractivity contribution in [3.63, 3.8) is 0 Å². The molecule has 0 N–H and O–H groups in total. The molecule has 1 fully saturated rings. The van der Waals surface area contributed by atoms with Crippen LogP contribution in [-0.4, -0.2) is 17.5 Å². The van der Waals surface area contributed by atoms with Crippen LogP contribution in [0.5, 0.6) is 5.75 Å². The normalized spacial score (nSPS) is 18.5. The molecule has 0 aliphatic carbocycles. The Morgan fingerprint density at radius 1 is 1.14 bits per heavy atom. The highest BCUT2D eigenvalue weighted by atomic mass is 79.9. The van der Waals surface area contributed by atoms with E-state index < -0.39 is 0 Å². The largest absolute Gasteiger partial charge is 0.488 e. The molecule has 1 atom stereocenters. The van der Waals surface area contributed by atoms with Gasteiger partial charge in [0.15, 0.2) is 0 Å². The van der Waals surface area contributed by atoms with Crippen LogP contribution in [0.15, 0.2) is 53.0 Å². The van der Waals surface area contributed by atoms with Gasteiger partial charge in [0.2, 0.25) is 0 Å². The number of halogens is 1. The van der Waals surface area contributed by atoms with Crippen LogP contribution in [0.4, 0.5) is 0 Å². The lowest BCUT2D eigenvalue weighted by molar-refractivity contribution is 0.259. The molecule has 1 aliphatic heterocycles. The Hall–Kier alpha value is -1.32. The van der Waals surface area contributed by atoms with E-state index in [4.69, 9.17) is 4.74 Å². The van der Waals surface area contributed by atoms with E-state index in [2.05, 4.69) is 58.1 Å². The monoisotopic (exact) mass is 359 g/mol. The van der Waals surface area contributed by atoms with Crippen LogP contribution >= 0.6 is 15.9 Å². The highest BCUT2D eigenvalue weighted by molar-refractivity contribution is 9.10. The van der Waals surface area contributed by atoms with E-state index in [1.165, 1.54) is 30.5 Å². The predicted octanol–water partition coefficient (Wildman–Crippen LogP) is 5.01. The molecule has 0 amide bonds. The Bertz CT molecular complexity index is 614. The third-order valence-electron chi connectivity index (χ3n) is 4.31. The first-order valence-corrected chi connectivity index (χ1v) is 8.71. The van der Waals surface area contributed by atoms with Gasteiger partial charge in [-0.2, -0.15) is 0 Å². The first-order chi connectivity index (χ1) is 10.7. The van der Waals surface area contributed by atoms with E-state index in [1.807, 2.05) is 18.2 Å². The summed E-state index contributed by atoms with van der Waals surface area (Å²) in [4.78, 5) is 2.55. The molecule has 3 heteroatoms. The topological polar surface area (TPSA) is 12.5 Å². The fraction of sp³-hybridized carbons (Fsp3) is 0.368. The van der Waals surface area contributed by atoms with Crippen molar-refractivity contribution in [3.8, 4) is 5.75 Å². The summed E-state index contributed by atoms with van der Waals surface area (Å²) in [7, 11) is 0. The third kappa shape index (κ3) is 3.90. The number of hydrogen-bond donors (Lipinski definition) is 0. The molecule has 0 radical (unpaired) electrons. The average Bonchev–Trinajstić information content (AvgIpc) is 2.94. The number of rotatable bonds is 5. The van der Waals surface area contributed by atoms with Gasteiger partial charge in [-0.1, -0.05) is 36.4 Å². The van der Waals surface area contributed by atoms with Crippen LogP contribution in [0.2, 0.25) is 0 Å². The van der Waals surface area contributed by atoms with Gasteiger partial charge in [-0.15, -0.1) is 0 Å². The van der Waals surface area contributed by atoms with Gasteiger partial charge in [0.25, 0.3) is 0 Å². The number of nitrogens with zero attached hydrogens (tertiary/aromatic N) is 1. The molecule has 0 saturated carbocycles. The van der Waals surface area contributed by atoms with E-state index in [9.17, 15) is 0 Å². The summed E-state index contributed by atoms with van der Waals surface area (Å²) in [5.74, 6) is 0.924. The number of benzene rings is 2. The van der Waals surface area contributed by atoms with Crippen molar-refractivity contribution in [3.05, 3.63) is 64.1 Å². The van der Waals surface area contributed by atoms with Crippen molar-refractivity contribution in [2.75, 3.05) is 6.54 Å². The standard InChI is InChI=1S/C19H22BrNO/c1-15-6-5-11-21(15)13-17-9-10-18(20)19(12-17)22-14-16-7-3-2-4-8-16/h2-4,7-10,12,15H,5-6,11,13-14H2,1H3. The quantitative estimate of drug-likeness (QED) is 0.743. The van der Waals surface area contributed by atoms with E-state index >= 15 is 0 Å². The molecule has 1 unspecified atom stereocenters. The van der Waals surface area contributed by atoms with Crippen LogP contribution in [-0.2, 0) is 13.2 Å². The van der Waals surface area contributed by atoms with Gasteiger partial charge in [0.05, 0.1) is 4.47 Å². The Labute approximate surface area is 141 Å². The summed E-state index contributed by atoms with van der Waals surface area (Å²) in [5.41, 5.74) is 2.51. The molecule has 0 spiro atoms. The second-order valence-electron chi connectivity index (χ2n) is 6.00. The zero-order chi connectivity index (χ0) is 15.4. The zero-order valence-electron chi connectivity index (χ0n) is 13.0. The van der Waals surface area contributed by atoms with Crippen molar-refractivity contribution >= 4 is 15.9 Å². The molecule has 116 valence electrons. The van der Waals surface area contributed by atoms with E-state index in [1.54, 1.807) is 0 Å². The lowest BCUT2D eigenvalue weighted by atomic mass is 10.2. The van der Waals surface area contributed by atoms with Crippen molar-refractivity contribution in [1.29, 1.82) is 0 Å². The maximum atomic E-state index is 5.99. The first kappa shape index (κ1) is 15.6. The summed E-state index contributed by atoms with van der Waals surface area (Å²) in [6, 6.07) is 17.4. The highest BCUT2D eigenvalue weighted by Crippen LogP contribution is 2.28. The second-order valence-corrected chi connectivity index (χ2v) is 6.86. The fourth-order valence-electron chi connectivity index (χ4n) is 2.95. The number of likely N-dealkylation sites (tertiary alicyclic amines) is 1. The molecule has 1 heterocycles. The van der Waals surface area contributed by atoms with E-state index in [-0.39, 0.29) is 0 Å². The molecule has 1 aliphatic rings. The van der Waals surface area contributed by atoms with Gasteiger partial charge >= 0.3 is 0 Å². The van der Waals surface area contributed by atoms with Gasteiger partial charge in [0.1, 0.15) is 12.4 Å². The molecule has 22 heavy (non-hydrogen) atoms. The van der Waals surface area contributed by atoms with Crippen molar-refractivity contribution in [1.82, 2.24) is 4.90 Å². The van der Waals surface area contributed by atoms with Crippen LogP contribution in [0.3, 0.4) is 0 Å². The molecule has 0 bridgehead atoms. The Kier molecular flexibility index (Phi) is 5.16. The first-order valence-electron chi connectivity index (χ1n) is 7.91. The molecule has 0 aromatic heterocycles. The smallest absolute Gasteiger partial charge is 0.134 e. The van der Waals surface area contributed by atoms with Crippen LogP contribution in [0, 0.1) is 0 Å². The minimum atomic E-state index is 0.600. The second kappa shape index (κ2) is 7.30. The molecule has 2 nitrogen and oxygen atoms in total. The molecule has 1 saturated heterocycles. The van der Waals surface area contributed by atoms with Crippen molar-refractivity contribution in [2.45, 2.75) is 39.0 Å². The summed E-state index contributed by atoms with van der Waals surface area (Å²) in [6.45, 7) is 5.13. The van der Waals surface area contributed by atoms with Gasteiger partial charge < -0.3 is 4.74 Å². The lowest BCUT2D eigenvalue weighted by Gasteiger charge is -2.21. The SMILES string of the molecule is CC1CCCN1Cc1ccc(Br)c(OCc2ccccc2)c1. The van der Waals surface area contributed by atoms with Gasteiger partial charge in [-0.25, -0.2) is 0 Å². The van der Waals surface area contributed by atoms with Crippen LogP contribution in [0.1, 0.15) is 30.9 Å². The van der Waals surface area contributed by atoms with Crippen LogP contribution < -0.4 is 4.74 Å². The Morgan fingerprint density at radius 3 is 2.68 bits per heavy atom. The Balaban J connectivity index is 1.67. The lowest BCUT2D eigenvalue weighted by Crippen LogP contribution is -2.26. The maximum absolute atomic E-state index is 5.99. The van der Waals surface area contributed by atoms with E-state index in [0.29, 0.717) is 12.6 Å². The van der Waals surface area contributed by atoms with Crippen molar-refractivity contribution < 1.29 is 4.74 Å². The fourth-order valence-corrected chi connectivity index (χ4v) is 3.32. The van der Waals surface area contributed by atoms with Gasteiger partial charge in [-0.05, 0) is 65.5 Å². The highest BCUT2D eigenvalue weighted by Gasteiger charge is 2.20. The predicted molar refractivity (Wildman–Crippen MR) is 94.0 cm³/mol. The summed E-state index contributed by atoms with van der Waals surface area (Å²) in [5, 5.41) is 0. The molecular weight excluding hydrogens is 338 g/mol. The van der Waals surface area contributed by atoms with Crippen LogP contribution in [0.25, 0.3) is 0 Å². The number of hydrogen-bond acceptors (Lipinski definition) is 2. The zero-order valence-corrected chi connectivity index (χ0v) is 14.6. The third-order valence-corrected chi connectivity index (χ3v) is 4.96. The minimum absolute atomic E-state index is 0.600.